The van der Waals surface area contributed by atoms with Gasteiger partial charge >= 0.3 is 6.09 Å². The fraction of sp³-hybridized carbons (Fsp3) is 0.556. The lowest BCUT2D eigenvalue weighted by molar-refractivity contribution is 0.117. The normalized spacial score (nSPS) is 15.1. The third kappa shape index (κ3) is 1.34. The van der Waals surface area contributed by atoms with Crippen molar-refractivity contribution in [3.63, 3.8) is 0 Å². The quantitative estimate of drug-likeness (QED) is 0.607. The number of hydrogen-bond acceptors (Lipinski definition) is 3. The molecule has 0 aliphatic carbocycles. The Hall–Kier alpha value is -1.52. The number of carbonyl (C=O) groups is 1. The molecule has 2 heterocycles. The summed E-state index contributed by atoms with van der Waals surface area (Å²) < 4.78 is 6.63. The molecule has 0 radical (unpaired) electrons. The number of hydrogen-bond donors (Lipinski definition) is 0. The molecule has 0 aromatic carbocycles. The molecule has 2 rings (SSSR count). The minimum Gasteiger partial charge on any atom is -0.453 e. The highest BCUT2D eigenvalue weighted by atomic mass is 16.5. The van der Waals surface area contributed by atoms with Gasteiger partial charge in [0.25, 0.3) is 0 Å². The summed E-state index contributed by atoms with van der Waals surface area (Å²) >= 11 is 0. The molecule has 0 saturated carbocycles. The van der Waals surface area contributed by atoms with Crippen LogP contribution in [0.2, 0.25) is 0 Å². The van der Waals surface area contributed by atoms with Gasteiger partial charge in [-0.15, -0.1) is 0 Å². The van der Waals surface area contributed by atoms with E-state index in [1.54, 1.807) is 11.2 Å². The predicted octanol–water partition coefficient (Wildman–Crippen LogP) is 0.545. The first-order valence-corrected chi connectivity index (χ1v) is 4.54. The van der Waals surface area contributed by atoms with Crippen LogP contribution in [0.1, 0.15) is 11.4 Å². The van der Waals surface area contributed by atoms with Crippen molar-refractivity contribution in [2.75, 3.05) is 13.7 Å². The smallest absolute Gasteiger partial charge is 0.409 e. The van der Waals surface area contributed by atoms with Gasteiger partial charge in [0.15, 0.2) is 0 Å². The van der Waals surface area contributed by atoms with E-state index in [0.717, 1.165) is 17.8 Å². The maximum Gasteiger partial charge on any atom is 0.409 e. The maximum atomic E-state index is 11.3. The fourth-order valence-corrected chi connectivity index (χ4v) is 1.70. The van der Waals surface area contributed by atoms with Crippen LogP contribution in [0.25, 0.3) is 0 Å². The Morgan fingerprint density at radius 3 is 3.14 bits per heavy atom. The molecular weight excluding hydrogens is 182 g/mol. The molecule has 14 heavy (non-hydrogen) atoms. The molecule has 0 N–H and O–H groups in total. The van der Waals surface area contributed by atoms with Crippen molar-refractivity contribution < 1.29 is 9.53 Å². The van der Waals surface area contributed by atoms with E-state index in [9.17, 15) is 4.79 Å². The third-order valence-electron chi connectivity index (χ3n) is 2.54. The van der Waals surface area contributed by atoms with Crippen LogP contribution in [0.3, 0.4) is 0 Å². The molecule has 0 atom stereocenters. The van der Waals surface area contributed by atoms with E-state index in [4.69, 9.17) is 0 Å². The number of imidazole rings is 1. The number of aryl methyl sites for hydroxylation is 1. The zero-order valence-corrected chi connectivity index (χ0v) is 8.36. The average molecular weight is 195 g/mol. The Morgan fingerprint density at radius 2 is 2.43 bits per heavy atom. The minimum absolute atomic E-state index is 0.267. The molecule has 1 aliphatic rings. The molecule has 0 unspecified atom stereocenters. The molecule has 76 valence electrons. The second kappa shape index (κ2) is 3.32. The summed E-state index contributed by atoms with van der Waals surface area (Å²) in [4.78, 5) is 17.2. The van der Waals surface area contributed by atoms with Crippen molar-refractivity contribution in [1.82, 2.24) is 14.5 Å². The summed E-state index contributed by atoms with van der Waals surface area (Å²) in [6, 6.07) is 0. The first-order valence-electron chi connectivity index (χ1n) is 4.54. The van der Waals surface area contributed by atoms with Crippen LogP contribution >= 0.6 is 0 Å². The van der Waals surface area contributed by atoms with Gasteiger partial charge in [-0.1, -0.05) is 0 Å². The van der Waals surface area contributed by atoms with Crippen LogP contribution < -0.4 is 0 Å². The van der Waals surface area contributed by atoms with Gasteiger partial charge in [0.05, 0.1) is 31.4 Å². The van der Waals surface area contributed by atoms with Crippen molar-refractivity contribution in [2.24, 2.45) is 7.05 Å². The van der Waals surface area contributed by atoms with Crippen LogP contribution in [0, 0.1) is 0 Å². The Labute approximate surface area is 82.3 Å². The molecule has 0 saturated heterocycles. The summed E-state index contributed by atoms with van der Waals surface area (Å²) in [6.45, 7) is 1.29. The Bertz CT molecular complexity index is 359. The monoisotopic (exact) mass is 195 g/mol. The number of aromatic nitrogens is 2. The predicted molar refractivity (Wildman–Crippen MR) is 49.7 cm³/mol. The minimum atomic E-state index is -0.267. The van der Waals surface area contributed by atoms with Gasteiger partial charge in [0.1, 0.15) is 0 Å². The van der Waals surface area contributed by atoms with Gasteiger partial charge in [0, 0.05) is 20.0 Å². The Morgan fingerprint density at radius 1 is 1.64 bits per heavy atom. The van der Waals surface area contributed by atoms with Crippen molar-refractivity contribution in [3.05, 3.63) is 17.7 Å². The molecule has 5 nitrogen and oxygen atoms in total. The number of nitrogens with zero attached hydrogens (tertiary/aromatic N) is 3. The lowest BCUT2D eigenvalue weighted by atomic mass is 10.1. The summed E-state index contributed by atoms with van der Waals surface area (Å²) in [6.07, 6.45) is 2.33. The van der Waals surface area contributed by atoms with Gasteiger partial charge in [-0.25, -0.2) is 9.78 Å². The zero-order valence-electron chi connectivity index (χ0n) is 8.36. The SMILES string of the molecule is COC(=O)N1CCc2ncn(C)c2C1. The lowest BCUT2D eigenvalue weighted by Gasteiger charge is -2.25. The van der Waals surface area contributed by atoms with Crippen LogP contribution in [0.4, 0.5) is 4.79 Å². The number of ether oxygens (including phenoxy) is 1. The van der Waals surface area contributed by atoms with Crippen LogP contribution in [0.5, 0.6) is 0 Å². The first kappa shape index (κ1) is 9.05. The highest BCUT2D eigenvalue weighted by Crippen LogP contribution is 2.17. The van der Waals surface area contributed by atoms with E-state index in [1.807, 2.05) is 11.6 Å². The second-order valence-corrected chi connectivity index (χ2v) is 3.39. The molecule has 1 aliphatic heterocycles. The fourth-order valence-electron chi connectivity index (χ4n) is 1.70. The largest absolute Gasteiger partial charge is 0.453 e. The van der Waals surface area contributed by atoms with E-state index < -0.39 is 0 Å². The van der Waals surface area contributed by atoms with E-state index in [2.05, 4.69) is 9.72 Å². The number of methoxy groups -OCH3 is 1. The van der Waals surface area contributed by atoms with Gasteiger partial charge in [-0.3, -0.25) is 0 Å². The summed E-state index contributed by atoms with van der Waals surface area (Å²) in [5.74, 6) is 0. The van der Waals surface area contributed by atoms with Gasteiger partial charge in [0.2, 0.25) is 0 Å². The number of rotatable bonds is 0. The molecular formula is C9H13N3O2. The number of amides is 1. The molecule has 0 fully saturated rings. The molecule has 1 aromatic rings. The first-order chi connectivity index (χ1) is 6.72. The number of carbonyl (C=O) groups excluding carboxylic acids is 1. The summed E-state index contributed by atoms with van der Waals surface area (Å²) in [7, 11) is 3.34. The highest BCUT2D eigenvalue weighted by Gasteiger charge is 2.23. The Balaban J connectivity index is 2.20. The maximum absolute atomic E-state index is 11.3. The van der Waals surface area contributed by atoms with Gasteiger partial charge in [-0.05, 0) is 0 Å². The average Bonchev–Trinajstić information content (AvgIpc) is 2.59. The van der Waals surface area contributed by atoms with Gasteiger partial charge in [-0.2, -0.15) is 0 Å². The van der Waals surface area contributed by atoms with E-state index >= 15 is 0 Å². The summed E-state index contributed by atoms with van der Waals surface area (Å²) in [5.41, 5.74) is 2.19. The molecule has 0 spiro atoms. The van der Waals surface area contributed by atoms with Crippen molar-refractivity contribution in [1.29, 1.82) is 0 Å². The van der Waals surface area contributed by atoms with Crippen LogP contribution in [-0.2, 0) is 24.8 Å². The topological polar surface area (TPSA) is 47.4 Å². The molecule has 0 bridgehead atoms. The van der Waals surface area contributed by atoms with Crippen molar-refractivity contribution >= 4 is 6.09 Å². The van der Waals surface area contributed by atoms with Crippen molar-refractivity contribution in [3.8, 4) is 0 Å². The van der Waals surface area contributed by atoms with E-state index in [-0.39, 0.29) is 6.09 Å². The van der Waals surface area contributed by atoms with Gasteiger partial charge < -0.3 is 14.2 Å². The van der Waals surface area contributed by atoms with Crippen molar-refractivity contribution in [2.45, 2.75) is 13.0 Å². The molecule has 1 aromatic heterocycles. The number of fused-ring (bicyclic) bond motifs is 1. The zero-order chi connectivity index (χ0) is 10.1. The lowest BCUT2D eigenvalue weighted by Crippen LogP contribution is -2.36. The van der Waals surface area contributed by atoms with E-state index in [1.165, 1.54) is 7.11 Å². The van der Waals surface area contributed by atoms with Crippen LogP contribution in [-0.4, -0.2) is 34.2 Å². The standard InChI is InChI=1S/C9H13N3O2/c1-11-6-10-7-3-4-12(5-8(7)11)9(13)14-2/h6H,3-5H2,1-2H3. The third-order valence-corrected chi connectivity index (χ3v) is 2.54. The van der Waals surface area contributed by atoms with E-state index in [0.29, 0.717) is 13.1 Å². The van der Waals surface area contributed by atoms with Crippen LogP contribution in [0.15, 0.2) is 6.33 Å². The molecule has 1 amide bonds. The summed E-state index contributed by atoms with van der Waals surface area (Å²) in [5, 5.41) is 0. The Kier molecular flexibility index (Phi) is 2.15. The molecule has 5 heteroatoms. The second-order valence-electron chi connectivity index (χ2n) is 3.39. The highest BCUT2D eigenvalue weighted by molar-refractivity contribution is 5.67.